The van der Waals surface area contributed by atoms with Crippen molar-refractivity contribution in [2.24, 2.45) is 5.92 Å². The monoisotopic (exact) mass is 428 g/mol. The van der Waals surface area contributed by atoms with Gasteiger partial charge in [-0.1, -0.05) is 6.08 Å². The van der Waals surface area contributed by atoms with Crippen LogP contribution in [0.4, 0.5) is 5.82 Å². The van der Waals surface area contributed by atoms with E-state index in [1.165, 1.54) is 6.33 Å². The second kappa shape index (κ2) is 7.23. The molecule has 0 amide bonds. The van der Waals surface area contributed by atoms with Gasteiger partial charge in [0, 0.05) is 18.6 Å². The van der Waals surface area contributed by atoms with E-state index in [0.29, 0.717) is 41.6 Å². The molecule has 1 saturated carbocycles. The van der Waals surface area contributed by atoms with E-state index in [-0.39, 0.29) is 12.2 Å². The predicted molar refractivity (Wildman–Crippen MR) is 116 cm³/mol. The topological polar surface area (TPSA) is 101 Å². The second-order valence-corrected chi connectivity index (χ2v) is 9.69. The molecule has 0 unspecified atom stereocenters. The first-order chi connectivity index (χ1) is 14.7. The summed E-state index contributed by atoms with van der Waals surface area (Å²) in [5, 5.41) is 0. The molecule has 2 aromatic heterocycles. The molecule has 0 spiro atoms. The highest BCUT2D eigenvalue weighted by Crippen LogP contribution is 2.48. The van der Waals surface area contributed by atoms with Gasteiger partial charge >= 0.3 is 0 Å². The molecule has 2 aliphatic heterocycles. The fraction of sp³-hybridized carbons (Fsp3) is 0.682. The molecular formula is C22H32N6O3. The molecule has 0 bridgehead atoms. The quantitative estimate of drug-likeness (QED) is 0.700. The second-order valence-electron chi connectivity index (χ2n) is 9.69. The van der Waals surface area contributed by atoms with Gasteiger partial charge in [0.1, 0.15) is 24.1 Å². The number of nitrogen functional groups attached to an aromatic ring is 1. The van der Waals surface area contributed by atoms with E-state index in [2.05, 4.69) is 46.4 Å². The molecule has 168 valence electrons. The van der Waals surface area contributed by atoms with Crippen molar-refractivity contribution >= 4 is 17.0 Å². The first-order valence-electron chi connectivity index (χ1n) is 11.1. The smallest absolute Gasteiger partial charge is 0.203 e. The molecule has 3 fully saturated rings. The number of allylic oxidation sites excluding steroid dienone is 1. The summed E-state index contributed by atoms with van der Waals surface area (Å²) >= 11 is 0. The van der Waals surface area contributed by atoms with Gasteiger partial charge in [0.25, 0.3) is 0 Å². The van der Waals surface area contributed by atoms with E-state index >= 15 is 0 Å². The summed E-state index contributed by atoms with van der Waals surface area (Å²) in [5.74, 6) is 0.204. The van der Waals surface area contributed by atoms with Crippen LogP contribution < -0.4 is 5.73 Å². The number of fused-ring (bicyclic) bond motifs is 2. The Kier molecular flexibility index (Phi) is 4.85. The third kappa shape index (κ3) is 3.26. The zero-order chi connectivity index (χ0) is 22.0. The number of imidazole rings is 1. The zero-order valence-electron chi connectivity index (χ0n) is 18.7. The maximum absolute atomic E-state index is 6.50. The molecule has 2 aromatic rings. The van der Waals surface area contributed by atoms with Crippen molar-refractivity contribution in [1.82, 2.24) is 24.4 Å². The summed E-state index contributed by atoms with van der Waals surface area (Å²) in [4.78, 5) is 15.5. The number of anilines is 1. The largest absolute Gasteiger partial charge is 0.382 e. The fourth-order valence-electron chi connectivity index (χ4n) is 5.31. The van der Waals surface area contributed by atoms with Crippen molar-refractivity contribution in [2.75, 3.05) is 18.9 Å². The van der Waals surface area contributed by atoms with Gasteiger partial charge in [-0.3, -0.25) is 9.47 Å². The van der Waals surface area contributed by atoms with Crippen LogP contribution in [-0.4, -0.2) is 67.6 Å². The minimum Gasteiger partial charge on any atom is -0.382 e. The third-order valence-electron chi connectivity index (χ3n) is 6.90. The fourth-order valence-corrected chi connectivity index (χ4v) is 5.31. The number of ether oxygens (including phenoxy) is 3. The van der Waals surface area contributed by atoms with Crippen molar-refractivity contribution in [2.45, 2.75) is 76.3 Å². The van der Waals surface area contributed by atoms with Crippen molar-refractivity contribution < 1.29 is 14.2 Å². The van der Waals surface area contributed by atoms with Crippen molar-refractivity contribution in [3.05, 3.63) is 25.3 Å². The number of hydrogen-bond donors (Lipinski definition) is 1. The SMILES string of the molecule is C=C[C@H]1C[C@@H](N(C[C@H]2OC[C@@]3(n4cnc5c(N)ncnc54)OC(C)(C)O[C@H]23)C(C)C)C1. The zero-order valence-corrected chi connectivity index (χ0v) is 18.7. The first-order valence-corrected chi connectivity index (χ1v) is 11.1. The van der Waals surface area contributed by atoms with Crippen LogP contribution in [0.15, 0.2) is 25.3 Å². The lowest BCUT2D eigenvalue weighted by Crippen LogP contribution is -2.53. The van der Waals surface area contributed by atoms with Crippen LogP contribution >= 0.6 is 0 Å². The van der Waals surface area contributed by atoms with Gasteiger partial charge in [0.2, 0.25) is 5.72 Å². The number of rotatable bonds is 6. The van der Waals surface area contributed by atoms with Gasteiger partial charge < -0.3 is 19.9 Å². The Morgan fingerprint density at radius 2 is 2.10 bits per heavy atom. The van der Waals surface area contributed by atoms with Crippen molar-refractivity contribution in [3.63, 3.8) is 0 Å². The summed E-state index contributed by atoms with van der Waals surface area (Å²) in [7, 11) is 0. The Morgan fingerprint density at radius 1 is 1.32 bits per heavy atom. The number of hydrogen-bond acceptors (Lipinski definition) is 8. The minimum atomic E-state index is -0.852. The van der Waals surface area contributed by atoms with Crippen LogP contribution in [0.2, 0.25) is 0 Å². The van der Waals surface area contributed by atoms with Crippen LogP contribution in [-0.2, 0) is 19.9 Å². The molecule has 3 aliphatic rings. The van der Waals surface area contributed by atoms with Gasteiger partial charge in [-0.25, -0.2) is 15.0 Å². The molecule has 9 nitrogen and oxygen atoms in total. The average Bonchev–Trinajstić information content (AvgIpc) is 3.31. The average molecular weight is 429 g/mol. The Hall–Kier alpha value is -2.07. The van der Waals surface area contributed by atoms with E-state index < -0.39 is 11.5 Å². The van der Waals surface area contributed by atoms with E-state index in [1.807, 2.05) is 18.4 Å². The van der Waals surface area contributed by atoms with Crippen LogP contribution in [0.5, 0.6) is 0 Å². The Balaban J connectivity index is 1.46. The molecule has 1 aliphatic carbocycles. The lowest BCUT2D eigenvalue weighted by atomic mass is 9.79. The van der Waals surface area contributed by atoms with Crippen LogP contribution in [0.3, 0.4) is 0 Å². The van der Waals surface area contributed by atoms with Crippen molar-refractivity contribution in [1.29, 1.82) is 0 Å². The molecule has 31 heavy (non-hydrogen) atoms. The highest BCUT2D eigenvalue weighted by atomic mass is 16.8. The van der Waals surface area contributed by atoms with Crippen LogP contribution in [0, 0.1) is 5.92 Å². The lowest BCUT2D eigenvalue weighted by Gasteiger charge is -2.45. The van der Waals surface area contributed by atoms with E-state index in [0.717, 1.165) is 19.4 Å². The molecule has 2 saturated heterocycles. The normalized spacial score (nSPS) is 34.4. The molecule has 2 N–H and O–H groups in total. The standard InChI is InChI=1S/C22H32N6O3/c1-6-14-7-15(8-14)27(13(2)3)9-16-18-22(10-29-16,31-21(4,5)30-18)28-12-26-17-19(23)24-11-25-20(17)28/h6,11-16,18H,1,7-10H2,2-5H3,(H2,23,24,25)/t14-,15+,16-,18-,22-/m1/s1. The van der Waals surface area contributed by atoms with Crippen LogP contribution in [0.25, 0.3) is 11.2 Å². The van der Waals surface area contributed by atoms with Crippen molar-refractivity contribution in [3.8, 4) is 0 Å². The summed E-state index contributed by atoms with van der Waals surface area (Å²) < 4.78 is 21.2. The van der Waals surface area contributed by atoms with E-state index in [1.54, 1.807) is 6.33 Å². The summed E-state index contributed by atoms with van der Waals surface area (Å²) in [6, 6.07) is 0.949. The summed E-state index contributed by atoms with van der Waals surface area (Å²) in [6.07, 6.45) is 7.09. The first kappa shape index (κ1) is 20.8. The van der Waals surface area contributed by atoms with Gasteiger partial charge in [-0.05, 0) is 46.5 Å². The molecule has 4 heterocycles. The number of nitrogens with two attached hydrogens (primary N) is 1. The maximum atomic E-state index is 6.50. The highest BCUT2D eigenvalue weighted by Gasteiger charge is 2.63. The Morgan fingerprint density at radius 3 is 2.81 bits per heavy atom. The number of nitrogens with zero attached hydrogens (tertiary/aromatic N) is 5. The molecule has 0 radical (unpaired) electrons. The van der Waals surface area contributed by atoms with Gasteiger partial charge in [-0.2, -0.15) is 0 Å². The highest BCUT2D eigenvalue weighted by molar-refractivity contribution is 5.81. The van der Waals surface area contributed by atoms with Crippen LogP contribution in [0.1, 0.15) is 40.5 Å². The molecule has 5 rings (SSSR count). The summed E-state index contributed by atoms with van der Waals surface area (Å²) in [6.45, 7) is 13.4. The third-order valence-corrected chi connectivity index (χ3v) is 6.90. The Labute approximate surface area is 182 Å². The molecular weight excluding hydrogens is 396 g/mol. The lowest BCUT2D eigenvalue weighted by molar-refractivity contribution is -0.206. The minimum absolute atomic E-state index is 0.136. The number of aromatic nitrogens is 4. The molecule has 9 heteroatoms. The molecule has 0 aromatic carbocycles. The summed E-state index contributed by atoms with van der Waals surface area (Å²) in [5.41, 5.74) is 6.34. The van der Waals surface area contributed by atoms with Gasteiger partial charge in [0.15, 0.2) is 17.3 Å². The maximum Gasteiger partial charge on any atom is 0.203 e. The van der Waals surface area contributed by atoms with E-state index in [9.17, 15) is 0 Å². The van der Waals surface area contributed by atoms with Gasteiger partial charge in [0.05, 0.1) is 12.9 Å². The predicted octanol–water partition coefficient (Wildman–Crippen LogP) is 2.29. The van der Waals surface area contributed by atoms with Gasteiger partial charge in [-0.15, -0.1) is 6.58 Å². The Bertz CT molecular complexity index is 985. The molecule has 3 atom stereocenters. The van der Waals surface area contributed by atoms with E-state index in [4.69, 9.17) is 19.9 Å².